The first-order valence-corrected chi connectivity index (χ1v) is 7.67. The van der Waals surface area contributed by atoms with E-state index in [0.29, 0.717) is 0 Å². The molecule has 0 radical (unpaired) electrons. The summed E-state index contributed by atoms with van der Waals surface area (Å²) in [7, 11) is -4.03. The molecule has 0 aliphatic rings. The molecule has 0 heterocycles. The van der Waals surface area contributed by atoms with Crippen LogP contribution in [0.4, 0.5) is 0 Å². The molecule has 0 aliphatic heterocycles. The molecule has 0 saturated heterocycles. The van der Waals surface area contributed by atoms with Gasteiger partial charge in [-0.05, 0) is 5.56 Å². The first kappa shape index (κ1) is 14.4. The van der Waals surface area contributed by atoms with Crippen LogP contribution in [0.25, 0.3) is 0 Å². The molecule has 0 fully saturated rings. The summed E-state index contributed by atoms with van der Waals surface area (Å²) in [5, 5.41) is 2.45. The van der Waals surface area contributed by atoms with Gasteiger partial charge in [-0.25, -0.2) is 0 Å². The number of hydrogen-bond acceptors (Lipinski definition) is 3. The predicted molar refractivity (Wildman–Crippen MR) is 72.6 cm³/mol. The molecule has 0 saturated carbocycles. The van der Waals surface area contributed by atoms with Gasteiger partial charge in [-0.15, -0.1) is 0 Å². The predicted octanol–water partition coefficient (Wildman–Crippen LogP) is 1.17. The standard InChI is InChI=1S/C10H12INO4S/c11-9(8-4-2-1-3-5-8)10(13)12-6-7-17(14,15)16/h1-5,9H,6-7H2,(H,12,13)(H,14,15,16). The lowest BCUT2D eigenvalue weighted by atomic mass is 10.1. The summed E-state index contributed by atoms with van der Waals surface area (Å²) in [6, 6.07) is 9.14. The lowest BCUT2D eigenvalue weighted by molar-refractivity contribution is -0.120. The Morgan fingerprint density at radius 1 is 1.35 bits per heavy atom. The fourth-order valence-electron chi connectivity index (χ4n) is 1.17. The Bertz CT molecular complexity index is 474. The van der Waals surface area contributed by atoms with Crippen molar-refractivity contribution in [1.82, 2.24) is 5.32 Å². The minimum absolute atomic E-state index is 0.0933. The summed E-state index contributed by atoms with van der Waals surface area (Å²) in [5.74, 6) is -0.753. The van der Waals surface area contributed by atoms with E-state index in [1.54, 1.807) is 0 Å². The van der Waals surface area contributed by atoms with Crippen molar-refractivity contribution < 1.29 is 17.8 Å². The van der Waals surface area contributed by atoms with Crippen LogP contribution in [0.2, 0.25) is 0 Å². The SMILES string of the molecule is O=C(NCCS(=O)(=O)O)C(I)c1ccccc1. The molecule has 2 N–H and O–H groups in total. The maximum atomic E-state index is 11.6. The zero-order chi connectivity index (χ0) is 12.9. The third-order valence-electron chi connectivity index (χ3n) is 1.98. The molecular weight excluding hydrogens is 357 g/mol. The summed E-state index contributed by atoms with van der Waals surface area (Å²) >= 11 is 1.97. The number of nitrogens with one attached hydrogen (secondary N) is 1. The zero-order valence-electron chi connectivity index (χ0n) is 8.84. The van der Waals surface area contributed by atoms with Crippen molar-refractivity contribution in [2.24, 2.45) is 0 Å². The normalized spacial score (nSPS) is 13.1. The van der Waals surface area contributed by atoms with Gasteiger partial charge in [-0.3, -0.25) is 9.35 Å². The van der Waals surface area contributed by atoms with Crippen LogP contribution in [-0.4, -0.2) is 31.2 Å². The average Bonchev–Trinajstić information content (AvgIpc) is 2.27. The van der Waals surface area contributed by atoms with Gasteiger partial charge in [-0.2, -0.15) is 8.42 Å². The molecule has 1 atom stereocenters. The molecule has 94 valence electrons. The van der Waals surface area contributed by atoms with E-state index in [2.05, 4.69) is 5.32 Å². The highest BCUT2D eigenvalue weighted by Gasteiger charge is 2.16. The summed E-state index contributed by atoms with van der Waals surface area (Å²) in [6.07, 6.45) is 0. The number of carbonyl (C=O) groups excluding carboxylic acids is 1. The van der Waals surface area contributed by atoms with Gasteiger partial charge in [0.15, 0.2) is 0 Å². The van der Waals surface area contributed by atoms with Crippen LogP contribution in [0.15, 0.2) is 30.3 Å². The number of amides is 1. The van der Waals surface area contributed by atoms with Crippen molar-refractivity contribution in [3.05, 3.63) is 35.9 Å². The molecule has 1 amide bonds. The van der Waals surface area contributed by atoms with Crippen LogP contribution in [0.3, 0.4) is 0 Å². The summed E-state index contributed by atoms with van der Waals surface area (Å²) < 4.78 is 29.0. The fraction of sp³-hybridized carbons (Fsp3) is 0.300. The first-order chi connectivity index (χ1) is 7.90. The minimum Gasteiger partial charge on any atom is -0.354 e. The molecule has 17 heavy (non-hydrogen) atoms. The van der Waals surface area contributed by atoms with Gasteiger partial charge in [0.1, 0.15) is 3.92 Å². The van der Waals surface area contributed by atoms with Gasteiger partial charge in [0, 0.05) is 6.54 Å². The van der Waals surface area contributed by atoms with Crippen LogP contribution >= 0.6 is 22.6 Å². The topological polar surface area (TPSA) is 83.5 Å². The molecule has 5 nitrogen and oxygen atoms in total. The Hall–Kier alpha value is -0.670. The number of rotatable bonds is 5. The summed E-state index contributed by atoms with van der Waals surface area (Å²) in [4.78, 5) is 11.6. The van der Waals surface area contributed by atoms with Crippen LogP contribution in [0.5, 0.6) is 0 Å². The van der Waals surface area contributed by atoms with Crippen molar-refractivity contribution >= 4 is 38.6 Å². The molecule has 0 aliphatic carbocycles. The number of carbonyl (C=O) groups is 1. The van der Waals surface area contributed by atoms with E-state index >= 15 is 0 Å². The van der Waals surface area contributed by atoms with E-state index in [0.717, 1.165) is 5.56 Å². The maximum Gasteiger partial charge on any atom is 0.266 e. The van der Waals surface area contributed by atoms with E-state index in [9.17, 15) is 13.2 Å². The molecule has 1 rings (SSSR count). The lowest BCUT2D eigenvalue weighted by Crippen LogP contribution is -2.31. The smallest absolute Gasteiger partial charge is 0.266 e. The molecule has 1 unspecified atom stereocenters. The number of halogens is 1. The fourth-order valence-corrected chi connectivity index (χ4v) is 2.16. The Morgan fingerprint density at radius 2 is 1.94 bits per heavy atom. The minimum atomic E-state index is -4.03. The zero-order valence-corrected chi connectivity index (χ0v) is 11.8. The number of hydrogen-bond donors (Lipinski definition) is 2. The molecular formula is C10H12INO4S. The van der Waals surface area contributed by atoms with Crippen LogP contribution in [0, 0.1) is 0 Å². The van der Waals surface area contributed by atoms with Gasteiger partial charge in [0.25, 0.3) is 10.1 Å². The Balaban J connectivity index is 2.49. The molecule has 0 bridgehead atoms. The molecule has 0 spiro atoms. The Morgan fingerprint density at radius 3 is 2.47 bits per heavy atom. The quantitative estimate of drug-likeness (QED) is 0.464. The van der Waals surface area contributed by atoms with Gasteiger partial charge in [0.05, 0.1) is 5.75 Å². The van der Waals surface area contributed by atoms with Crippen molar-refractivity contribution in [3.63, 3.8) is 0 Å². The Labute approximate surface area is 113 Å². The first-order valence-electron chi connectivity index (χ1n) is 4.82. The van der Waals surface area contributed by atoms with E-state index < -0.39 is 15.9 Å². The number of benzene rings is 1. The molecule has 0 aromatic heterocycles. The second kappa shape index (κ2) is 6.31. The van der Waals surface area contributed by atoms with Crippen molar-refractivity contribution in [2.45, 2.75) is 3.92 Å². The summed E-state index contributed by atoms with van der Waals surface area (Å²) in [6.45, 7) is -0.0933. The third-order valence-corrected chi connectivity index (χ3v) is 3.99. The average molecular weight is 369 g/mol. The molecule has 1 aromatic rings. The van der Waals surface area contributed by atoms with E-state index in [4.69, 9.17) is 4.55 Å². The third kappa shape index (κ3) is 5.46. The maximum absolute atomic E-state index is 11.6. The van der Waals surface area contributed by atoms with Crippen LogP contribution in [0.1, 0.15) is 9.49 Å². The molecule has 1 aromatic carbocycles. The van der Waals surface area contributed by atoms with Crippen molar-refractivity contribution in [1.29, 1.82) is 0 Å². The van der Waals surface area contributed by atoms with Crippen molar-refractivity contribution in [3.8, 4) is 0 Å². The van der Waals surface area contributed by atoms with Crippen LogP contribution in [-0.2, 0) is 14.9 Å². The van der Waals surface area contributed by atoms with Crippen molar-refractivity contribution in [2.75, 3.05) is 12.3 Å². The van der Waals surface area contributed by atoms with E-state index in [-0.39, 0.29) is 16.4 Å². The number of alkyl halides is 1. The lowest BCUT2D eigenvalue weighted by Gasteiger charge is -2.10. The van der Waals surface area contributed by atoms with Gasteiger partial charge >= 0.3 is 0 Å². The highest BCUT2D eigenvalue weighted by molar-refractivity contribution is 14.1. The second-order valence-electron chi connectivity index (χ2n) is 3.35. The van der Waals surface area contributed by atoms with Crippen LogP contribution < -0.4 is 5.32 Å². The van der Waals surface area contributed by atoms with E-state index in [1.165, 1.54) is 0 Å². The highest BCUT2D eigenvalue weighted by atomic mass is 127. The van der Waals surface area contributed by atoms with E-state index in [1.807, 2.05) is 52.9 Å². The second-order valence-corrected chi connectivity index (χ2v) is 6.17. The Kier molecular flexibility index (Phi) is 5.34. The summed E-state index contributed by atoms with van der Waals surface area (Å²) in [5.41, 5.74) is 0.845. The van der Waals surface area contributed by atoms with Gasteiger partial charge < -0.3 is 5.32 Å². The van der Waals surface area contributed by atoms with Gasteiger partial charge in [-0.1, -0.05) is 52.9 Å². The van der Waals surface area contributed by atoms with Gasteiger partial charge in [0.2, 0.25) is 5.91 Å². The monoisotopic (exact) mass is 369 g/mol. The molecule has 7 heteroatoms. The highest BCUT2D eigenvalue weighted by Crippen LogP contribution is 2.22. The largest absolute Gasteiger partial charge is 0.354 e.